The van der Waals surface area contributed by atoms with E-state index in [9.17, 15) is 0 Å². The molecule has 1 aromatic heterocycles. The van der Waals surface area contributed by atoms with Gasteiger partial charge < -0.3 is 0 Å². The van der Waals surface area contributed by atoms with Crippen LogP contribution in [0, 0.1) is 0 Å². The minimum atomic E-state index is 0.294. The van der Waals surface area contributed by atoms with Crippen molar-refractivity contribution in [2.75, 3.05) is 6.54 Å². The van der Waals surface area contributed by atoms with Crippen LogP contribution >= 0.6 is 15.9 Å². The summed E-state index contributed by atoms with van der Waals surface area (Å²) in [7, 11) is 0. The van der Waals surface area contributed by atoms with E-state index in [1.165, 1.54) is 12.8 Å². The molecular formula is C22H25BrN4. The smallest absolute Gasteiger partial charge is 0.181 e. The maximum absolute atomic E-state index is 5.04. The summed E-state index contributed by atoms with van der Waals surface area (Å²) in [6.07, 6.45) is 3.62. The van der Waals surface area contributed by atoms with Crippen LogP contribution in [0.3, 0.4) is 0 Å². The third-order valence-electron chi connectivity index (χ3n) is 5.22. The Morgan fingerprint density at radius 2 is 1.85 bits per heavy atom. The average molecular weight is 425 g/mol. The lowest BCUT2D eigenvalue weighted by atomic mass is 9.99. The van der Waals surface area contributed by atoms with Gasteiger partial charge in [-0.1, -0.05) is 58.7 Å². The Kier molecular flexibility index (Phi) is 5.41. The topological polar surface area (TPSA) is 34.0 Å². The second-order valence-corrected chi connectivity index (χ2v) is 8.31. The SMILES string of the molecule is CC(C)N1CCCCC1c1nc(-c2ccccc2)nn1-c1cccc(Br)c1. The van der Waals surface area contributed by atoms with Crippen molar-refractivity contribution < 1.29 is 0 Å². The minimum Gasteiger partial charge on any atom is -0.291 e. The van der Waals surface area contributed by atoms with Gasteiger partial charge in [0.05, 0.1) is 11.7 Å². The van der Waals surface area contributed by atoms with Crippen molar-refractivity contribution in [3.8, 4) is 17.1 Å². The summed E-state index contributed by atoms with van der Waals surface area (Å²) < 4.78 is 3.09. The fourth-order valence-electron chi connectivity index (χ4n) is 3.90. The average Bonchev–Trinajstić information content (AvgIpc) is 3.14. The highest BCUT2D eigenvalue weighted by atomic mass is 79.9. The second-order valence-electron chi connectivity index (χ2n) is 7.39. The van der Waals surface area contributed by atoms with Crippen molar-refractivity contribution in [3.63, 3.8) is 0 Å². The molecule has 0 bridgehead atoms. The highest BCUT2D eigenvalue weighted by molar-refractivity contribution is 9.10. The van der Waals surface area contributed by atoms with Crippen LogP contribution in [0.1, 0.15) is 45.0 Å². The molecule has 4 nitrogen and oxygen atoms in total. The molecule has 3 aromatic rings. The molecule has 0 N–H and O–H groups in total. The molecule has 2 heterocycles. The molecule has 1 fully saturated rings. The van der Waals surface area contributed by atoms with Gasteiger partial charge in [-0.2, -0.15) is 0 Å². The quantitative estimate of drug-likeness (QED) is 0.543. The first-order valence-corrected chi connectivity index (χ1v) is 10.5. The fraction of sp³-hybridized carbons (Fsp3) is 0.364. The summed E-state index contributed by atoms with van der Waals surface area (Å²) >= 11 is 3.59. The maximum atomic E-state index is 5.04. The number of rotatable bonds is 4. The van der Waals surface area contributed by atoms with Crippen LogP contribution in [0.4, 0.5) is 0 Å². The molecular weight excluding hydrogens is 400 g/mol. The summed E-state index contributed by atoms with van der Waals surface area (Å²) in [5, 5.41) is 4.92. The zero-order valence-electron chi connectivity index (χ0n) is 15.8. The molecule has 1 aliphatic heterocycles. The van der Waals surface area contributed by atoms with E-state index in [1.807, 2.05) is 35.0 Å². The monoisotopic (exact) mass is 424 g/mol. The minimum absolute atomic E-state index is 0.294. The van der Waals surface area contributed by atoms with Crippen LogP contribution in [0.2, 0.25) is 0 Å². The fourth-order valence-corrected chi connectivity index (χ4v) is 4.28. The predicted molar refractivity (Wildman–Crippen MR) is 113 cm³/mol. The summed E-state index contributed by atoms with van der Waals surface area (Å²) in [5.74, 6) is 1.83. The molecule has 0 amide bonds. The van der Waals surface area contributed by atoms with Crippen LogP contribution in [-0.2, 0) is 0 Å². The van der Waals surface area contributed by atoms with E-state index in [1.54, 1.807) is 0 Å². The number of likely N-dealkylation sites (tertiary alicyclic amines) is 1. The third kappa shape index (κ3) is 3.85. The number of hydrogen-bond donors (Lipinski definition) is 0. The highest BCUT2D eigenvalue weighted by Crippen LogP contribution is 2.34. The summed E-state index contributed by atoms with van der Waals surface area (Å²) in [4.78, 5) is 7.60. The second kappa shape index (κ2) is 7.95. The Bertz CT molecular complexity index is 904. The van der Waals surface area contributed by atoms with Gasteiger partial charge in [0.2, 0.25) is 0 Å². The van der Waals surface area contributed by atoms with Crippen LogP contribution < -0.4 is 0 Å². The molecule has 140 valence electrons. The Balaban J connectivity index is 1.84. The van der Waals surface area contributed by atoms with Crippen LogP contribution in [0.5, 0.6) is 0 Å². The molecule has 5 heteroatoms. The summed E-state index contributed by atoms with van der Waals surface area (Å²) in [6, 6.07) is 19.3. The number of nitrogens with zero attached hydrogens (tertiary/aromatic N) is 4. The van der Waals surface area contributed by atoms with Gasteiger partial charge in [-0.15, -0.1) is 5.10 Å². The number of benzene rings is 2. The number of piperidine rings is 1. The normalized spacial score (nSPS) is 18.1. The van der Waals surface area contributed by atoms with E-state index in [0.29, 0.717) is 12.1 Å². The molecule has 1 aliphatic rings. The molecule has 4 rings (SSSR count). The Labute approximate surface area is 169 Å². The molecule has 0 saturated carbocycles. The van der Waals surface area contributed by atoms with Gasteiger partial charge in [0.15, 0.2) is 5.82 Å². The standard InChI is InChI=1S/C22H25BrN4/c1-16(2)26-14-7-6-13-20(26)22-24-21(17-9-4-3-5-10-17)25-27(22)19-12-8-11-18(23)15-19/h3-5,8-12,15-16,20H,6-7,13-14H2,1-2H3. The lowest BCUT2D eigenvalue weighted by Crippen LogP contribution is -2.39. The van der Waals surface area contributed by atoms with Crippen molar-refractivity contribution in [2.24, 2.45) is 0 Å². The van der Waals surface area contributed by atoms with Gasteiger partial charge in [-0.3, -0.25) is 4.90 Å². The molecule has 1 atom stereocenters. The van der Waals surface area contributed by atoms with E-state index >= 15 is 0 Å². The Morgan fingerprint density at radius 3 is 2.59 bits per heavy atom. The maximum Gasteiger partial charge on any atom is 0.181 e. The lowest BCUT2D eigenvalue weighted by molar-refractivity contribution is 0.104. The molecule has 0 radical (unpaired) electrons. The van der Waals surface area contributed by atoms with Crippen molar-refractivity contribution in [1.82, 2.24) is 19.7 Å². The van der Waals surface area contributed by atoms with Crippen LogP contribution in [0.25, 0.3) is 17.1 Å². The zero-order valence-corrected chi connectivity index (χ0v) is 17.4. The van der Waals surface area contributed by atoms with E-state index in [0.717, 1.165) is 40.3 Å². The van der Waals surface area contributed by atoms with E-state index in [4.69, 9.17) is 10.1 Å². The summed E-state index contributed by atoms with van der Waals surface area (Å²) in [5.41, 5.74) is 2.10. The molecule has 0 aliphatic carbocycles. The molecule has 1 saturated heterocycles. The van der Waals surface area contributed by atoms with E-state index in [2.05, 4.69) is 58.9 Å². The van der Waals surface area contributed by atoms with Crippen molar-refractivity contribution in [1.29, 1.82) is 0 Å². The first-order chi connectivity index (χ1) is 13.1. The van der Waals surface area contributed by atoms with Gasteiger partial charge in [0.1, 0.15) is 5.82 Å². The van der Waals surface area contributed by atoms with Crippen LogP contribution in [-0.4, -0.2) is 32.3 Å². The predicted octanol–water partition coefficient (Wildman–Crippen LogP) is 5.63. The largest absolute Gasteiger partial charge is 0.291 e. The highest BCUT2D eigenvalue weighted by Gasteiger charge is 2.31. The van der Waals surface area contributed by atoms with Gasteiger partial charge in [-0.05, 0) is 51.4 Å². The molecule has 2 aromatic carbocycles. The van der Waals surface area contributed by atoms with Gasteiger partial charge in [0.25, 0.3) is 0 Å². The van der Waals surface area contributed by atoms with Gasteiger partial charge >= 0.3 is 0 Å². The van der Waals surface area contributed by atoms with E-state index < -0.39 is 0 Å². The van der Waals surface area contributed by atoms with Crippen molar-refractivity contribution >= 4 is 15.9 Å². The Hall–Kier alpha value is -1.98. The van der Waals surface area contributed by atoms with Gasteiger partial charge in [-0.25, -0.2) is 9.67 Å². The van der Waals surface area contributed by atoms with Gasteiger partial charge in [0, 0.05) is 16.1 Å². The summed E-state index contributed by atoms with van der Waals surface area (Å²) in [6.45, 7) is 5.67. The molecule has 27 heavy (non-hydrogen) atoms. The Morgan fingerprint density at radius 1 is 1.04 bits per heavy atom. The first-order valence-electron chi connectivity index (χ1n) is 9.67. The zero-order chi connectivity index (χ0) is 18.8. The molecule has 1 unspecified atom stereocenters. The molecule has 0 spiro atoms. The number of aromatic nitrogens is 3. The first kappa shape index (κ1) is 18.4. The third-order valence-corrected chi connectivity index (χ3v) is 5.72. The number of halogens is 1. The van der Waals surface area contributed by atoms with Crippen molar-refractivity contribution in [3.05, 3.63) is 64.9 Å². The number of hydrogen-bond acceptors (Lipinski definition) is 3. The van der Waals surface area contributed by atoms with Crippen molar-refractivity contribution in [2.45, 2.75) is 45.2 Å². The van der Waals surface area contributed by atoms with Crippen LogP contribution in [0.15, 0.2) is 59.1 Å². The lowest BCUT2D eigenvalue weighted by Gasteiger charge is -2.37. The van der Waals surface area contributed by atoms with E-state index in [-0.39, 0.29) is 0 Å².